The van der Waals surface area contributed by atoms with Crippen molar-refractivity contribution in [2.45, 2.75) is 64.0 Å². The number of halogens is 2. The minimum atomic E-state index is -0.632. The zero-order valence-electron chi connectivity index (χ0n) is 16.1. The van der Waals surface area contributed by atoms with Crippen molar-refractivity contribution in [1.82, 2.24) is 10.2 Å². The van der Waals surface area contributed by atoms with E-state index in [1.807, 2.05) is 0 Å². The van der Waals surface area contributed by atoms with Crippen molar-refractivity contribution < 1.29 is 18.3 Å². The molecular weight excluding hydrogens is 350 g/mol. The van der Waals surface area contributed by atoms with Crippen molar-refractivity contribution in [2.24, 2.45) is 5.92 Å². The lowest BCUT2D eigenvalue weighted by molar-refractivity contribution is -0.119. The number of hydrogen-bond acceptors (Lipinski definition) is 3. The first kappa shape index (κ1) is 20.1. The van der Waals surface area contributed by atoms with Crippen LogP contribution < -0.4 is 10.1 Å². The van der Waals surface area contributed by atoms with Gasteiger partial charge in [0.15, 0.2) is 11.6 Å². The van der Waals surface area contributed by atoms with Crippen LogP contribution in [-0.4, -0.2) is 42.6 Å². The fraction of sp³-hybridized carbons (Fsp3) is 0.667. The first-order valence-electron chi connectivity index (χ1n) is 10.1. The average Bonchev–Trinajstić information content (AvgIpc) is 2.64. The van der Waals surface area contributed by atoms with Gasteiger partial charge in [0.25, 0.3) is 0 Å². The van der Waals surface area contributed by atoms with Crippen LogP contribution in [0.4, 0.5) is 8.78 Å². The van der Waals surface area contributed by atoms with Gasteiger partial charge in [0.1, 0.15) is 11.9 Å². The summed E-state index contributed by atoms with van der Waals surface area (Å²) < 4.78 is 32.4. The van der Waals surface area contributed by atoms with Crippen molar-refractivity contribution >= 4 is 5.91 Å². The molecular formula is C21H30F2N2O2. The second-order valence-electron chi connectivity index (χ2n) is 7.94. The van der Waals surface area contributed by atoms with E-state index in [0.717, 1.165) is 57.3 Å². The molecule has 2 fully saturated rings. The molecule has 0 atom stereocenters. The normalized spacial score (nSPS) is 24.6. The number of amides is 1. The second kappa shape index (κ2) is 9.49. The molecule has 1 saturated carbocycles. The molecule has 1 aromatic rings. The number of ether oxygens (including phenoxy) is 1. The Morgan fingerprint density at radius 3 is 2.48 bits per heavy atom. The summed E-state index contributed by atoms with van der Waals surface area (Å²) in [4.78, 5) is 13.6. The number of hydrogen-bond donors (Lipinski definition) is 1. The maximum Gasteiger partial charge on any atom is 0.217 e. The molecule has 0 unspecified atom stereocenters. The number of carbonyl (C=O) groups is 1. The number of rotatable bonds is 6. The molecule has 1 amide bonds. The number of piperidine rings is 1. The Hall–Kier alpha value is -1.69. The third kappa shape index (κ3) is 6.16. The SMILES string of the molecule is CC(=O)NC1CCC(CCN2CCC(Oc3ccc(F)cc3F)CC2)CC1. The predicted molar refractivity (Wildman–Crippen MR) is 101 cm³/mol. The largest absolute Gasteiger partial charge is 0.487 e. The molecule has 1 aromatic carbocycles. The van der Waals surface area contributed by atoms with Crippen LogP contribution in [0.2, 0.25) is 0 Å². The Balaban J connectivity index is 1.33. The Bertz CT molecular complexity index is 625. The summed E-state index contributed by atoms with van der Waals surface area (Å²) in [5, 5.41) is 3.03. The van der Waals surface area contributed by atoms with E-state index in [0.29, 0.717) is 6.04 Å². The van der Waals surface area contributed by atoms with Gasteiger partial charge in [-0.3, -0.25) is 4.79 Å². The van der Waals surface area contributed by atoms with E-state index in [-0.39, 0.29) is 17.8 Å². The molecule has 4 nitrogen and oxygen atoms in total. The first-order chi connectivity index (χ1) is 13.0. The molecule has 3 rings (SSSR count). The quantitative estimate of drug-likeness (QED) is 0.814. The van der Waals surface area contributed by atoms with Gasteiger partial charge in [-0.2, -0.15) is 0 Å². The molecule has 0 radical (unpaired) electrons. The van der Waals surface area contributed by atoms with Crippen molar-refractivity contribution in [2.75, 3.05) is 19.6 Å². The summed E-state index contributed by atoms with van der Waals surface area (Å²) in [5.41, 5.74) is 0. The molecule has 0 aromatic heterocycles. The molecule has 1 aliphatic carbocycles. The van der Waals surface area contributed by atoms with Crippen molar-refractivity contribution in [3.63, 3.8) is 0 Å². The van der Waals surface area contributed by atoms with E-state index in [4.69, 9.17) is 4.74 Å². The molecule has 1 N–H and O–H groups in total. The van der Waals surface area contributed by atoms with Crippen molar-refractivity contribution in [1.29, 1.82) is 0 Å². The van der Waals surface area contributed by atoms with E-state index in [1.54, 1.807) is 6.92 Å². The monoisotopic (exact) mass is 380 g/mol. The standard InChI is InChI=1S/C21H30F2N2O2/c1-15(26)24-18-5-2-16(3-6-18)8-11-25-12-9-19(10-13-25)27-21-7-4-17(22)14-20(21)23/h4,7,14,16,18-19H,2-3,5-6,8-13H2,1H3,(H,24,26). The summed E-state index contributed by atoms with van der Waals surface area (Å²) in [6, 6.07) is 3.83. The minimum Gasteiger partial charge on any atom is -0.487 e. The molecule has 1 saturated heterocycles. The zero-order valence-corrected chi connectivity index (χ0v) is 16.1. The molecule has 6 heteroatoms. The topological polar surface area (TPSA) is 41.6 Å². The highest BCUT2D eigenvalue weighted by molar-refractivity contribution is 5.73. The number of nitrogens with zero attached hydrogens (tertiary/aromatic N) is 1. The highest BCUT2D eigenvalue weighted by Gasteiger charge is 2.25. The van der Waals surface area contributed by atoms with Gasteiger partial charge >= 0.3 is 0 Å². The van der Waals surface area contributed by atoms with Crippen LogP contribution in [0.1, 0.15) is 51.9 Å². The molecule has 150 valence electrons. The number of nitrogens with one attached hydrogen (secondary N) is 1. The lowest BCUT2D eigenvalue weighted by Crippen LogP contribution is -2.40. The molecule has 0 bridgehead atoms. The van der Waals surface area contributed by atoms with Gasteiger partial charge in [-0.25, -0.2) is 8.78 Å². The highest BCUT2D eigenvalue weighted by atomic mass is 19.1. The van der Waals surface area contributed by atoms with E-state index in [9.17, 15) is 13.6 Å². The third-order valence-electron chi connectivity index (χ3n) is 5.83. The van der Waals surface area contributed by atoms with Gasteiger partial charge in [0, 0.05) is 32.1 Å². The second-order valence-corrected chi connectivity index (χ2v) is 7.94. The van der Waals surface area contributed by atoms with Crippen LogP contribution in [0.3, 0.4) is 0 Å². The van der Waals surface area contributed by atoms with E-state index >= 15 is 0 Å². The third-order valence-corrected chi connectivity index (χ3v) is 5.83. The Morgan fingerprint density at radius 1 is 1.15 bits per heavy atom. The molecule has 1 aliphatic heterocycles. The van der Waals surface area contributed by atoms with Gasteiger partial charge < -0.3 is 15.0 Å². The molecule has 2 aliphatic rings. The van der Waals surface area contributed by atoms with Gasteiger partial charge in [0.2, 0.25) is 5.91 Å². The van der Waals surface area contributed by atoms with Crippen LogP contribution in [0.15, 0.2) is 18.2 Å². The van der Waals surface area contributed by atoms with Crippen LogP contribution in [0, 0.1) is 17.6 Å². The van der Waals surface area contributed by atoms with Crippen LogP contribution >= 0.6 is 0 Å². The Morgan fingerprint density at radius 2 is 1.85 bits per heavy atom. The fourth-order valence-corrected chi connectivity index (χ4v) is 4.25. The first-order valence-corrected chi connectivity index (χ1v) is 10.1. The maximum atomic E-state index is 13.7. The summed E-state index contributed by atoms with van der Waals surface area (Å²) >= 11 is 0. The van der Waals surface area contributed by atoms with Gasteiger partial charge in [-0.05, 0) is 69.5 Å². The lowest BCUT2D eigenvalue weighted by Gasteiger charge is -2.34. The van der Waals surface area contributed by atoms with Gasteiger partial charge in [-0.1, -0.05) is 0 Å². The Labute approximate surface area is 160 Å². The van der Waals surface area contributed by atoms with Gasteiger partial charge in [-0.15, -0.1) is 0 Å². The smallest absolute Gasteiger partial charge is 0.217 e. The summed E-state index contributed by atoms with van der Waals surface area (Å²) in [7, 11) is 0. The van der Waals surface area contributed by atoms with Crippen LogP contribution in [0.5, 0.6) is 5.75 Å². The van der Waals surface area contributed by atoms with Gasteiger partial charge in [0.05, 0.1) is 0 Å². The maximum absolute atomic E-state index is 13.7. The zero-order chi connectivity index (χ0) is 19.2. The summed E-state index contributed by atoms with van der Waals surface area (Å²) in [6.45, 7) is 4.58. The number of benzene rings is 1. The average molecular weight is 380 g/mol. The van der Waals surface area contributed by atoms with E-state index in [2.05, 4.69) is 10.2 Å². The summed E-state index contributed by atoms with van der Waals surface area (Å²) in [5.74, 6) is -0.250. The van der Waals surface area contributed by atoms with Crippen molar-refractivity contribution in [3.05, 3.63) is 29.8 Å². The number of likely N-dealkylation sites (tertiary alicyclic amines) is 1. The van der Waals surface area contributed by atoms with Crippen molar-refractivity contribution in [3.8, 4) is 5.75 Å². The van der Waals surface area contributed by atoms with E-state index in [1.165, 1.54) is 31.4 Å². The van der Waals surface area contributed by atoms with Crippen LogP contribution in [0.25, 0.3) is 0 Å². The predicted octanol–water partition coefficient (Wildman–Crippen LogP) is 3.89. The fourth-order valence-electron chi connectivity index (χ4n) is 4.25. The number of carbonyl (C=O) groups excluding carboxylic acids is 1. The summed E-state index contributed by atoms with van der Waals surface area (Å²) in [6.07, 6.45) is 7.48. The molecule has 0 spiro atoms. The highest BCUT2D eigenvalue weighted by Crippen LogP contribution is 2.28. The Kier molecular flexibility index (Phi) is 7.05. The molecule has 27 heavy (non-hydrogen) atoms. The lowest BCUT2D eigenvalue weighted by atomic mass is 9.84. The molecule has 1 heterocycles. The van der Waals surface area contributed by atoms with Crippen LogP contribution in [-0.2, 0) is 4.79 Å². The minimum absolute atomic E-state index is 0.00527. The van der Waals surface area contributed by atoms with E-state index < -0.39 is 11.6 Å².